The second-order valence-electron chi connectivity index (χ2n) is 8.38. The van der Waals surface area contributed by atoms with Gasteiger partial charge in [-0.05, 0) is 22.8 Å². The molecule has 0 saturated carbocycles. The molecule has 0 unspecified atom stereocenters. The highest BCUT2D eigenvalue weighted by Gasteiger charge is 2.01. The average molecular weight is 670 g/mol. The first-order valence-electron chi connectivity index (χ1n) is 13.9. The van der Waals surface area contributed by atoms with Crippen LogP contribution in [0.2, 0.25) is 0 Å². The number of rotatable bonds is 29. The molecule has 1 N–H and O–H groups in total. The molecule has 0 heterocycles. The van der Waals surface area contributed by atoms with Gasteiger partial charge in [0.1, 0.15) is 6.61 Å². The van der Waals surface area contributed by atoms with Gasteiger partial charge in [0.05, 0.1) is 85.9 Å². The molecule has 0 atom stereocenters. The molecule has 11 heteroatoms. The SMILES string of the molecule is O=C(NCCOCCOCCOCCOCCOCCOCCOCCCCCCI)OCc1ccccc1. The smallest absolute Gasteiger partial charge is 0.407 e. The lowest BCUT2D eigenvalue weighted by Gasteiger charge is -2.09. The molecule has 1 amide bonds. The number of carbonyl (C=O) groups is 1. The Morgan fingerprint density at radius 1 is 0.564 bits per heavy atom. The predicted octanol–water partition coefficient (Wildman–Crippen LogP) is 4.02. The average Bonchev–Trinajstić information content (AvgIpc) is 2.96. The van der Waals surface area contributed by atoms with E-state index in [0.29, 0.717) is 92.4 Å². The maximum Gasteiger partial charge on any atom is 0.407 e. The van der Waals surface area contributed by atoms with Gasteiger partial charge >= 0.3 is 6.09 Å². The Morgan fingerprint density at radius 2 is 1.00 bits per heavy atom. The minimum atomic E-state index is -0.461. The number of amides is 1. The third kappa shape index (κ3) is 26.9. The van der Waals surface area contributed by atoms with E-state index in [1.165, 1.54) is 23.7 Å². The van der Waals surface area contributed by atoms with E-state index in [1.807, 2.05) is 30.3 Å². The summed E-state index contributed by atoms with van der Waals surface area (Å²) in [5.74, 6) is 0. The van der Waals surface area contributed by atoms with Crippen LogP contribution in [0.5, 0.6) is 0 Å². The zero-order valence-corrected chi connectivity index (χ0v) is 25.4. The van der Waals surface area contributed by atoms with Gasteiger partial charge < -0.3 is 43.2 Å². The summed E-state index contributed by atoms with van der Waals surface area (Å²) >= 11 is 2.42. The van der Waals surface area contributed by atoms with Crippen LogP contribution in [-0.2, 0) is 44.5 Å². The molecular weight excluding hydrogens is 621 g/mol. The van der Waals surface area contributed by atoms with Crippen molar-refractivity contribution < 1.29 is 42.7 Å². The lowest BCUT2D eigenvalue weighted by Crippen LogP contribution is -2.28. The van der Waals surface area contributed by atoms with Crippen molar-refractivity contribution in [3.63, 3.8) is 0 Å². The molecular formula is C28H48INO9. The number of hydrogen-bond acceptors (Lipinski definition) is 9. The van der Waals surface area contributed by atoms with Gasteiger partial charge in [-0.15, -0.1) is 0 Å². The summed E-state index contributed by atoms with van der Waals surface area (Å²) < 4.78 is 44.6. The summed E-state index contributed by atoms with van der Waals surface area (Å²) in [4.78, 5) is 11.6. The second-order valence-corrected chi connectivity index (χ2v) is 9.46. The summed E-state index contributed by atoms with van der Waals surface area (Å²) in [6.45, 7) is 8.16. The van der Waals surface area contributed by atoms with Crippen LogP contribution < -0.4 is 5.32 Å². The number of carbonyl (C=O) groups excluding carboxylic acids is 1. The van der Waals surface area contributed by atoms with Crippen LogP contribution in [0.3, 0.4) is 0 Å². The monoisotopic (exact) mass is 669 g/mol. The first-order chi connectivity index (χ1) is 19.3. The molecule has 0 aliphatic heterocycles. The fourth-order valence-corrected chi connectivity index (χ4v) is 3.61. The number of ether oxygens (including phenoxy) is 8. The number of hydrogen-bond donors (Lipinski definition) is 1. The first kappa shape index (κ1) is 36.0. The van der Waals surface area contributed by atoms with Crippen molar-refractivity contribution in [2.75, 3.05) is 103 Å². The molecule has 0 spiro atoms. The summed E-state index contributed by atoms with van der Waals surface area (Å²) in [5.41, 5.74) is 0.944. The van der Waals surface area contributed by atoms with E-state index in [1.54, 1.807) is 0 Å². The first-order valence-corrected chi connectivity index (χ1v) is 15.4. The van der Waals surface area contributed by atoms with Crippen molar-refractivity contribution in [1.82, 2.24) is 5.32 Å². The molecule has 39 heavy (non-hydrogen) atoms. The number of halogens is 1. The summed E-state index contributed by atoms with van der Waals surface area (Å²) in [6.07, 6.45) is 4.51. The number of nitrogens with one attached hydrogen (secondary N) is 1. The number of benzene rings is 1. The molecule has 0 aliphatic rings. The normalized spacial score (nSPS) is 11.1. The Hall–Kier alpha value is -1.06. The molecule has 0 bridgehead atoms. The summed E-state index contributed by atoms with van der Waals surface area (Å²) in [5, 5.41) is 2.64. The Kier molecular flexibility index (Phi) is 27.6. The van der Waals surface area contributed by atoms with Gasteiger partial charge in [-0.3, -0.25) is 0 Å². The predicted molar refractivity (Wildman–Crippen MR) is 158 cm³/mol. The molecule has 1 aromatic carbocycles. The topological polar surface area (TPSA) is 103 Å². The van der Waals surface area contributed by atoms with Gasteiger partial charge in [-0.25, -0.2) is 4.79 Å². The Balaban J connectivity index is 1.66. The van der Waals surface area contributed by atoms with Gasteiger partial charge in [0.15, 0.2) is 0 Å². The molecule has 1 aromatic rings. The van der Waals surface area contributed by atoms with Crippen LogP contribution in [0.25, 0.3) is 0 Å². The van der Waals surface area contributed by atoms with E-state index in [0.717, 1.165) is 18.6 Å². The summed E-state index contributed by atoms with van der Waals surface area (Å²) in [6, 6.07) is 9.53. The largest absolute Gasteiger partial charge is 0.445 e. The van der Waals surface area contributed by atoms with Crippen LogP contribution in [0.15, 0.2) is 30.3 Å². The van der Waals surface area contributed by atoms with E-state index in [2.05, 4.69) is 27.9 Å². The van der Waals surface area contributed by atoms with Crippen LogP contribution >= 0.6 is 22.6 Å². The third-order valence-electron chi connectivity index (χ3n) is 5.13. The number of unbranched alkanes of at least 4 members (excludes halogenated alkanes) is 3. The maximum atomic E-state index is 11.6. The van der Waals surface area contributed by atoms with Crippen LogP contribution in [-0.4, -0.2) is 110 Å². The quantitative estimate of drug-likeness (QED) is 0.0770. The zero-order valence-electron chi connectivity index (χ0n) is 23.3. The van der Waals surface area contributed by atoms with E-state index in [-0.39, 0.29) is 6.61 Å². The number of alkyl carbamates (subject to hydrolysis) is 1. The standard InChI is InChI=1S/C28H48INO9/c29-10-6-1-2-7-12-32-14-16-34-18-20-36-22-24-38-25-23-37-21-19-35-17-15-33-13-11-30-28(31)39-26-27-8-4-3-5-9-27/h3-5,8-9H,1-2,6-7,10-26H2,(H,30,31). The van der Waals surface area contributed by atoms with Crippen LogP contribution in [0, 0.1) is 0 Å². The molecule has 10 nitrogen and oxygen atoms in total. The van der Waals surface area contributed by atoms with E-state index >= 15 is 0 Å². The van der Waals surface area contributed by atoms with Gasteiger partial charge in [-0.1, -0.05) is 65.8 Å². The molecule has 226 valence electrons. The number of alkyl halides is 1. The molecule has 0 saturated heterocycles. The highest BCUT2D eigenvalue weighted by molar-refractivity contribution is 14.1. The Morgan fingerprint density at radius 3 is 1.49 bits per heavy atom. The van der Waals surface area contributed by atoms with E-state index in [4.69, 9.17) is 37.9 Å². The Bertz CT molecular complexity index is 643. The fraction of sp³-hybridized carbons (Fsp3) is 0.750. The van der Waals surface area contributed by atoms with Crippen molar-refractivity contribution in [3.05, 3.63) is 35.9 Å². The fourth-order valence-electron chi connectivity index (χ4n) is 3.07. The molecule has 0 aromatic heterocycles. The van der Waals surface area contributed by atoms with Crippen LogP contribution in [0.1, 0.15) is 31.2 Å². The Labute approximate surface area is 247 Å². The van der Waals surface area contributed by atoms with E-state index in [9.17, 15) is 4.79 Å². The minimum absolute atomic E-state index is 0.246. The van der Waals surface area contributed by atoms with E-state index < -0.39 is 6.09 Å². The highest BCUT2D eigenvalue weighted by atomic mass is 127. The lowest BCUT2D eigenvalue weighted by atomic mass is 10.2. The van der Waals surface area contributed by atoms with Crippen LogP contribution in [0.4, 0.5) is 4.79 Å². The van der Waals surface area contributed by atoms with Gasteiger partial charge in [-0.2, -0.15) is 0 Å². The lowest BCUT2D eigenvalue weighted by molar-refractivity contribution is -0.0204. The van der Waals surface area contributed by atoms with Crippen molar-refractivity contribution >= 4 is 28.7 Å². The van der Waals surface area contributed by atoms with Crippen molar-refractivity contribution in [3.8, 4) is 0 Å². The van der Waals surface area contributed by atoms with Crippen molar-refractivity contribution in [2.45, 2.75) is 32.3 Å². The molecule has 0 radical (unpaired) electrons. The molecule has 0 aliphatic carbocycles. The molecule has 1 rings (SSSR count). The molecule has 0 fully saturated rings. The zero-order chi connectivity index (χ0) is 27.9. The van der Waals surface area contributed by atoms with Gasteiger partial charge in [0, 0.05) is 13.2 Å². The van der Waals surface area contributed by atoms with Crippen molar-refractivity contribution in [2.24, 2.45) is 0 Å². The van der Waals surface area contributed by atoms with Crippen molar-refractivity contribution in [1.29, 1.82) is 0 Å². The maximum absolute atomic E-state index is 11.6. The minimum Gasteiger partial charge on any atom is -0.445 e. The van der Waals surface area contributed by atoms with Gasteiger partial charge in [0.25, 0.3) is 0 Å². The highest BCUT2D eigenvalue weighted by Crippen LogP contribution is 2.02. The third-order valence-corrected chi connectivity index (χ3v) is 5.90. The van der Waals surface area contributed by atoms with Gasteiger partial charge in [0.2, 0.25) is 0 Å². The summed E-state index contributed by atoms with van der Waals surface area (Å²) in [7, 11) is 0. The second kappa shape index (κ2) is 29.9.